The van der Waals surface area contributed by atoms with Crippen LogP contribution in [-0.2, 0) is 17.6 Å². The summed E-state index contributed by atoms with van der Waals surface area (Å²) in [6.45, 7) is 3.90. The Balaban J connectivity index is 1.64. The molecule has 0 aliphatic rings. The Morgan fingerprint density at radius 1 is 1.13 bits per heavy atom. The Bertz CT molecular complexity index is 1060. The Morgan fingerprint density at radius 2 is 1.84 bits per heavy atom. The summed E-state index contributed by atoms with van der Waals surface area (Å²) < 4.78 is 52.1. The number of carboxylic acids is 1. The predicted octanol–water partition coefficient (Wildman–Crippen LogP) is 5.11. The van der Waals surface area contributed by atoms with Crippen molar-refractivity contribution in [2.24, 2.45) is 0 Å². The van der Waals surface area contributed by atoms with Crippen molar-refractivity contribution in [3.63, 3.8) is 0 Å². The number of benzene rings is 2. The first-order valence-corrected chi connectivity index (χ1v) is 9.37. The molecule has 0 bridgehead atoms. The van der Waals surface area contributed by atoms with Gasteiger partial charge in [0, 0.05) is 12.0 Å². The molecular weight excluding hydrogens is 415 g/mol. The van der Waals surface area contributed by atoms with E-state index in [4.69, 9.17) is 14.3 Å². The molecule has 1 heterocycles. The van der Waals surface area contributed by atoms with Gasteiger partial charge in [0.2, 0.25) is 5.89 Å². The van der Waals surface area contributed by atoms with Crippen molar-refractivity contribution < 1.29 is 37.0 Å². The number of ether oxygens (including phenoxy) is 2. The molecule has 0 saturated carbocycles. The van der Waals surface area contributed by atoms with E-state index in [1.54, 1.807) is 25.1 Å². The summed E-state index contributed by atoms with van der Waals surface area (Å²) in [6.07, 6.45) is -4.40. The van der Waals surface area contributed by atoms with Crippen molar-refractivity contribution in [2.75, 3.05) is 6.61 Å². The minimum atomic E-state index is -4.75. The molecule has 0 radical (unpaired) electrons. The van der Waals surface area contributed by atoms with E-state index in [0.29, 0.717) is 41.4 Å². The number of halogens is 3. The molecule has 0 saturated heterocycles. The van der Waals surface area contributed by atoms with Crippen molar-refractivity contribution in [3.05, 3.63) is 65.0 Å². The van der Waals surface area contributed by atoms with Crippen LogP contribution >= 0.6 is 0 Å². The minimum Gasteiger partial charge on any atom is -0.493 e. The second kappa shape index (κ2) is 9.11. The van der Waals surface area contributed by atoms with Crippen LogP contribution in [0.15, 0.2) is 46.9 Å². The maximum Gasteiger partial charge on any atom is 0.573 e. The number of hydrogen-bond donors (Lipinski definition) is 1. The van der Waals surface area contributed by atoms with E-state index < -0.39 is 12.3 Å². The zero-order valence-corrected chi connectivity index (χ0v) is 16.8. The first-order chi connectivity index (χ1) is 14.6. The highest BCUT2D eigenvalue weighted by molar-refractivity contribution is 5.70. The molecule has 0 amide bonds. The van der Waals surface area contributed by atoms with Gasteiger partial charge in [-0.2, -0.15) is 0 Å². The summed E-state index contributed by atoms with van der Waals surface area (Å²) in [5.41, 5.74) is 2.70. The van der Waals surface area contributed by atoms with Crippen LogP contribution in [0.4, 0.5) is 13.2 Å². The van der Waals surface area contributed by atoms with E-state index in [0.717, 1.165) is 5.56 Å². The van der Waals surface area contributed by atoms with Gasteiger partial charge >= 0.3 is 12.3 Å². The molecule has 3 aromatic rings. The van der Waals surface area contributed by atoms with Gasteiger partial charge in [-0.1, -0.05) is 12.1 Å². The summed E-state index contributed by atoms with van der Waals surface area (Å²) >= 11 is 0. The first kappa shape index (κ1) is 22.2. The number of carbonyl (C=O) groups is 1. The van der Waals surface area contributed by atoms with Crippen LogP contribution < -0.4 is 9.47 Å². The molecule has 0 spiro atoms. The van der Waals surface area contributed by atoms with Crippen LogP contribution in [0, 0.1) is 13.8 Å². The lowest BCUT2D eigenvalue weighted by molar-refractivity contribution is -0.274. The number of carboxylic acid groups (broad SMARTS) is 1. The van der Waals surface area contributed by atoms with Crippen LogP contribution in [-0.4, -0.2) is 29.0 Å². The summed E-state index contributed by atoms with van der Waals surface area (Å²) in [5, 5.41) is 8.93. The number of rotatable bonds is 8. The molecule has 1 N–H and O–H groups in total. The summed E-state index contributed by atoms with van der Waals surface area (Å²) in [7, 11) is 0. The highest BCUT2D eigenvalue weighted by atomic mass is 19.4. The molecule has 0 fully saturated rings. The lowest BCUT2D eigenvalue weighted by Gasteiger charge is -2.10. The van der Waals surface area contributed by atoms with Crippen molar-refractivity contribution in [1.29, 1.82) is 0 Å². The number of aryl methyl sites for hydroxylation is 2. The average molecular weight is 435 g/mol. The summed E-state index contributed by atoms with van der Waals surface area (Å²) in [6, 6.07) is 10.5. The zero-order chi connectivity index (χ0) is 22.6. The number of oxazole rings is 1. The standard InChI is InChI=1S/C22H20F3NO5/c1-13-3-4-15(12-20(27)28)11-19(13)29-10-9-18-14(2)30-21(26-18)16-5-7-17(8-6-16)31-22(23,24)25/h3-8,11H,9-10,12H2,1-2H3,(H,27,28). The molecule has 1 aromatic heterocycles. The second-order valence-electron chi connectivity index (χ2n) is 6.86. The van der Waals surface area contributed by atoms with E-state index in [1.807, 2.05) is 6.92 Å². The van der Waals surface area contributed by atoms with E-state index in [-0.39, 0.29) is 18.1 Å². The highest BCUT2D eigenvalue weighted by Crippen LogP contribution is 2.27. The first-order valence-electron chi connectivity index (χ1n) is 9.37. The monoisotopic (exact) mass is 435 g/mol. The Kier molecular flexibility index (Phi) is 6.53. The molecule has 3 rings (SSSR count). The zero-order valence-electron chi connectivity index (χ0n) is 16.8. The van der Waals surface area contributed by atoms with Crippen molar-refractivity contribution >= 4 is 5.97 Å². The third-order valence-corrected chi connectivity index (χ3v) is 4.43. The number of aliphatic carboxylic acids is 1. The lowest BCUT2D eigenvalue weighted by atomic mass is 10.1. The molecule has 0 aliphatic carbocycles. The van der Waals surface area contributed by atoms with Crippen LogP contribution in [0.3, 0.4) is 0 Å². The van der Waals surface area contributed by atoms with Crippen molar-refractivity contribution in [3.8, 4) is 23.0 Å². The molecule has 6 nitrogen and oxygen atoms in total. The molecule has 9 heteroatoms. The molecule has 2 aromatic carbocycles. The lowest BCUT2D eigenvalue weighted by Crippen LogP contribution is -2.16. The van der Waals surface area contributed by atoms with E-state index >= 15 is 0 Å². The quantitative estimate of drug-likeness (QED) is 0.530. The van der Waals surface area contributed by atoms with Crippen LogP contribution in [0.5, 0.6) is 11.5 Å². The number of hydrogen-bond acceptors (Lipinski definition) is 5. The minimum absolute atomic E-state index is 0.0881. The smallest absolute Gasteiger partial charge is 0.493 e. The Morgan fingerprint density at radius 3 is 2.48 bits per heavy atom. The molecule has 31 heavy (non-hydrogen) atoms. The summed E-state index contributed by atoms with van der Waals surface area (Å²) in [4.78, 5) is 15.3. The third-order valence-electron chi connectivity index (χ3n) is 4.43. The van der Waals surface area contributed by atoms with Gasteiger partial charge in [0.05, 0.1) is 18.7 Å². The van der Waals surface area contributed by atoms with E-state index in [2.05, 4.69) is 9.72 Å². The molecule has 0 atom stereocenters. The number of alkyl halides is 3. The van der Waals surface area contributed by atoms with Crippen LogP contribution in [0.1, 0.15) is 22.6 Å². The molecule has 164 valence electrons. The average Bonchev–Trinajstić information content (AvgIpc) is 3.04. The van der Waals surface area contributed by atoms with Gasteiger partial charge in [-0.3, -0.25) is 4.79 Å². The van der Waals surface area contributed by atoms with Gasteiger partial charge < -0.3 is 19.0 Å². The fraction of sp³-hybridized carbons (Fsp3) is 0.273. The molecule has 0 unspecified atom stereocenters. The maximum absolute atomic E-state index is 12.3. The van der Waals surface area contributed by atoms with E-state index in [9.17, 15) is 18.0 Å². The molecule has 0 aliphatic heterocycles. The fourth-order valence-electron chi connectivity index (χ4n) is 2.92. The number of aromatic nitrogens is 1. The number of nitrogens with zero attached hydrogens (tertiary/aromatic N) is 1. The SMILES string of the molecule is Cc1ccc(CC(=O)O)cc1OCCc1nc(-c2ccc(OC(F)(F)F)cc2)oc1C. The molecular formula is C22H20F3NO5. The largest absolute Gasteiger partial charge is 0.573 e. The predicted molar refractivity (Wildman–Crippen MR) is 105 cm³/mol. The van der Waals surface area contributed by atoms with Crippen LogP contribution in [0.2, 0.25) is 0 Å². The van der Waals surface area contributed by atoms with Gasteiger partial charge in [-0.25, -0.2) is 4.98 Å². The van der Waals surface area contributed by atoms with Gasteiger partial charge in [0.25, 0.3) is 0 Å². The van der Waals surface area contributed by atoms with Crippen molar-refractivity contribution in [2.45, 2.75) is 33.1 Å². The topological polar surface area (TPSA) is 81.8 Å². The second-order valence-corrected chi connectivity index (χ2v) is 6.86. The van der Waals surface area contributed by atoms with E-state index in [1.165, 1.54) is 24.3 Å². The maximum atomic E-state index is 12.3. The fourth-order valence-corrected chi connectivity index (χ4v) is 2.92. The third kappa shape index (κ3) is 6.24. The van der Waals surface area contributed by atoms with Gasteiger partial charge in [-0.15, -0.1) is 13.2 Å². The summed E-state index contributed by atoms with van der Waals surface area (Å²) in [5.74, 6) is 0.212. The van der Waals surface area contributed by atoms with Gasteiger partial charge in [0.1, 0.15) is 17.3 Å². The highest BCUT2D eigenvalue weighted by Gasteiger charge is 2.31. The van der Waals surface area contributed by atoms with Crippen LogP contribution in [0.25, 0.3) is 11.5 Å². The van der Waals surface area contributed by atoms with Gasteiger partial charge in [-0.05, 0) is 55.3 Å². The Hall–Kier alpha value is -3.49. The van der Waals surface area contributed by atoms with Gasteiger partial charge in [0.15, 0.2) is 0 Å². The van der Waals surface area contributed by atoms with Crippen molar-refractivity contribution in [1.82, 2.24) is 4.98 Å². The Labute approximate surface area is 176 Å². The normalized spacial score (nSPS) is 11.4.